The molecule has 0 atom stereocenters. The molecule has 0 fully saturated rings. The maximum absolute atomic E-state index is 10.9. The minimum atomic E-state index is -0.912. The Labute approximate surface area is 95.7 Å². The lowest BCUT2D eigenvalue weighted by Gasteiger charge is -2.10. The summed E-state index contributed by atoms with van der Waals surface area (Å²) < 4.78 is 0. The molecule has 1 aromatic heterocycles. The number of hydrogen-bond donors (Lipinski definition) is 2. The predicted octanol–water partition coefficient (Wildman–Crippen LogP) is 2.41. The number of anilines is 1. The van der Waals surface area contributed by atoms with Gasteiger partial charge in [-0.05, 0) is 24.5 Å². The van der Waals surface area contributed by atoms with Crippen LogP contribution in [0.5, 0.6) is 0 Å². The highest BCUT2D eigenvalue weighted by Crippen LogP contribution is 2.12. The fraction of sp³-hybridized carbons (Fsp3) is 0.500. The number of aromatic carboxylic acids is 1. The van der Waals surface area contributed by atoms with Crippen LogP contribution in [0.15, 0.2) is 12.1 Å². The van der Waals surface area contributed by atoms with E-state index in [2.05, 4.69) is 24.1 Å². The van der Waals surface area contributed by atoms with Crippen LogP contribution >= 0.6 is 0 Å². The van der Waals surface area contributed by atoms with E-state index in [1.165, 1.54) is 0 Å². The van der Waals surface area contributed by atoms with Crippen LogP contribution in [0.2, 0.25) is 0 Å². The number of aromatic nitrogens is 1. The number of carbonyl (C=O) groups is 1. The summed E-state index contributed by atoms with van der Waals surface area (Å²) in [6.45, 7) is 6.93. The highest BCUT2D eigenvalue weighted by molar-refractivity contribution is 5.88. The van der Waals surface area contributed by atoms with Crippen molar-refractivity contribution in [3.05, 3.63) is 23.4 Å². The molecule has 2 N–H and O–H groups in total. The van der Waals surface area contributed by atoms with Crippen molar-refractivity contribution in [2.45, 2.75) is 27.2 Å². The zero-order chi connectivity index (χ0) is 12.1. The maximum Gasteiger partial charge on any atom is 0.335 e. The lowest BCUT2D eigenvalue weighted by molar-refractivity contribution is 0.0696. The molecule has 16 heavy (non-hydrogen) atoms. The Morgan fingerprint density at radius 1 is 1.50 bits per heavy atom. The van der Waals surface area contributed by atoms with Gasteiger partial charge in [0, 0.05) is 12.2 Å². The summed E-state index contributed by atoms with van der Waals surface area (Å²) in [6.07, 6.45) is 0.734. The zero-order valence-electron chi connectivity index (χ0n) is 9.95. The van der Waals surface area contributed by atoms with E-state index >= 15 is 0 Å². The first-order valence-corrected chi connectivity index (χ1v) is 5.51. The van der Waals surface area contributed by atoms with Crippen LogP contribution in [0.3, 0.4) is 0 Å². The average Bonchev–Trinajstić information content (AvgIpc) is 2.25. The van der Waals surface area contributed by atoms with Crippen molar-refractivity contribution in [3.8, 4) is 0 Å². The van der Waals surface area contributed by atoms with Gasteiger partial charge >= 0.3 is 5.97 Å². The number of rotatable bonds is 5. The van der Waals surface area contributed by atoms with E-state index in [0.29, 0.717) is 11.7 Å². The predicted molar refractivity (Wildman–Crippen MR) is 63.9 cm³/mol. The van der Waals surface area contributed by atoms with Crippen LogP contribution in [0.1, 0.15) is 36.8 Å². The number of pyridine rings is 1. The summed E-state index contributed by atoms with van der Waals surface area (Å²) in [6, 6.07) is 3.19. The third-order valence-electron chi connectivity index (χ3n) is 2.18. The van der Waals surface area contributed by atoms with Crippen molar-refractivity contribution in [1.82, 2.24) is 4.98 Å². The topological polar surface area (TPSA) is 62.2 Å². The van der Waals surface area contributed by atoms with Crippen molar-refractivity contribution >= 4 is 11.8 Å². The molecule has 1 aromatic rings. The molecule has 0 amide bonds. The number of hydrogen-bond acceptors (Lipinski definition) is 3. The van der Waals surface area contributed by atoms with E-state index < -0.39 is 5.97 Å². The smallest absolute Gasteiger partial charge is 0.335 e. The third-order valence-corrected chi connectivity index (χ3v) is 2.18. The van der Waals surface area contributed by atoms with Crippen molar-refractivity contribution < 1.29 is 9.90 Å². The van der Waals surface area contributed by atoms with E-state index in [1.807, 2.05) is 6.92 Å². The van der Waals surface area contributed by atoms with E-state index in [0.717, 1.165) is 18.7 Å². The quantitative estimate of drug-likeness (QED) is 0.803. The molecule has 1 rings (SSSR count). The monoisotopic (exact) mass is 222 g/mol. The first kappa shape index (κ1) is 12.5. The Hall–Kier alpha value is -1.58. The molecule has 0 bridgehead atoms. The minimum Gasteiger partial charge on any atom is -0.478 e. The minimum absolute atomic E-state index is 0.290. The fourth-order valence-corrected chi connectivity index (χ4v) is 1.29. The van der Waals surface area contributed by atoms with Crippen LogP contribution in [-0.2, 0) is 6.42 Å². The second-order valence-corrected chi connectivity index (χ2v) is 4.17. The van der Waals surface area contributed by atoms with Crippen molar-refractivity contribution in [2.75, 3.05) is 11.9 Å². The number of carboxylic acid groups (broad SMARTS) is 1. The van der Waals surface area contributed by atoms with Gasteiger partial charge in [-0.3, -0.25) is 0 Å². The Bertz CT molecular complexity index is 375. The van der Waals surface area contributed by atoms with Crippen molar-refractivity contribution in [3.63, 3.8) is 0 Å². The molecule has 0 aliphatic rings. The van der Waals surface area contributed by atoms with E-state index in [-0.39, 0.29) is 5.56 Å². The van der Waals surface area contributed by atoms with Crippen LogP contribution in [0.4, 0.5) is 5.82 Å². The molecule has 1 heterocycles. The normalized spacial score (nSPS) is 10.5. The first-order chi connectivity index (χ1) is 7.52. The number of nitrogens with zero attached hydrogens (tertiary/aromatic N) is 1. The molecule has 0 aliphatic carbocycles. The van der Waals surface area contributed by atoms with E-state index in [9.17, 15) is 4.79 Å². The molecule has 0 saturated heterocycles. The molecular formula is C12H18N2O2. The van der Waals surface area contributed by atoms with E-state index in [4.69, 9.17) is 5.11 Å². The summed E-state index contributed by atoms with van der Waals surface area (Å²) in [7, 11) is 0. The Balaban J connectivity index is 2.90. The van der Waals surface area contributed by atoms with Gasteiger partial charge < -0.3 is 10.4 Å². The molecule has 0 unspecified atom stereocenters. The Morgan fingerprint density at radius 2 is 2.19 bits per heavy atom. The molecule has 0 saturated carbocycles. The summed E-state index contributed by atoms with van der Waals surface area (Å²) in [5.74, 6) is 0.232. The van der Waals surface area contributed by atoms with Gasteiger partial charge in [0.1, 0.15) is 5.82 Å². The van der Waals surface area contributed by atoms with Crippen LogP contribution in [0.25, 0.3) is 0 Å². The maximum atomic E-state index is 10.9. The van der Waals surface area contributed by atoms with Gasteiger partial charge in [-0.1, -0.05) is 20.8 Å². The van der Waals surface area contributed by atoms with Gasteiger partial charge in [0.15, 0.2) is 0 Å². The van der Waals surface area contributed by atoms with Gasteiger partial charge in [0.05, 0.1) is 5.56 Å². The summed E-state index contributed by atoms with van der Waals surface area (Å²) in [4.78, 5) is 15.2. The lowest BCUT2D eigenvalue weighted by Crippen LogP contribution is -2.11. The molecule has 0 aromatic carbocycles. The molecule has 0 aliphatic heterocycles. The van der Waals surface area contributed by atoms with Gasteiger partial charge in [-0.2, -0.15) is 0 Å². The largest absolute Gasteiger partial charge is 0.478 e. The van der Waals surface area contributed by atoms with Crippen LogP contribution in [-0.4, -0.2) is 22.6 Å². The van der Waals surface area contributed by atoms with Crippen LogP contribution in [0, 0.1) is 5.92 Å². The van der Waals surface area contributed by atoms with Crippen LogP contribution < -0.4 is 5.32 Å². The van der Waals surface area contributed by atoms with Gasteiger partial charge in [0.2, 0.25) is 0 Å². The lowest BCUT2D eigenvalue weighted by atomic mass is 10.2. The molecule has 0 radical (unpaired) electrons. The molecule has 4 nitrogen and oxygen atoms in total. The number of nitrogens with one attached hydrogen (secondary N) is 1. The second-order valence-electron chi connectivity index (χ2n) is 4.17. The fourth-order valence-electron chi connectivity index (χ4n) is 1.29. The Morgan fingerprint density at radius 3 is 2.69 bits per heavy atom. The van der Waals surface area contributed by atoms with E-state index in [1.54, 1.807) is 12.1 Å². The first-order valence-electron chi connectivity index (χ1n) is 5.51. The number of aryl methyl sites for hydroxylation is 1. The van der Waals surface area contributed by atoms with Gasteiger partial charge in [-0.25, -0.2) is 9.78 Å². The summed E-state index contributed by atoms with van der Waals surface area (Å²) >= 11 is 0. The molecule has 0 spiro atoms. The van der Waals surface area contributed by atoms with Crippen molar-refractivity contribution in [1.29, 1.82) is 0 Å². The molecule has 88 valence electrons. The zero-order valence-corrected chi connectivity index (χ0v) is 9.95. The SMILES string of the molecule is CCc1cc(C(=O)O)cc(NCC(C)C)n1. The molecular weight excluding hydrogens is 204 g/mol. The standard InChI is InChI=1S/C12H18N2O2/c1-4-10-5-9(12(15)16)6-11(14-10)13-7-8(2)3/h5-6,8H,4,7H2,1-3H3,(H,13,14)(H,15,16). The highest BCUT2D eigenvalue weighted by Gasteiger charge is 2.07. The van der Waals surface area contributed by atoms with Crippen molar-refractivity contribution in [2.24, 2.45) is 5.92 Å². The summed E-state index contributed by atoms with van der Waals surface area (Å²) in [5.41, 5.74) is 1.09. The molecule has 4 heteroatoms. The highest BCUT2D eigenvalue weighted by atomic mass is 16.4. The average molecular weight is 222 g/mol. The summed E-state index contributed by atoms with van der Waals surface area (Å²) in [5, 5.41) is 12.1. The second kappa shape index (κ2) is 5.49. The van der Waals surface area contributed by atoms with Gasteiger partial charge in [0.25, 0.3) is 0 Å². The third kappa shape index (κ3) is 3.53. The van der Waals surface area contributed by atoms with Gasteiger partial charge in [-0.15, -0.1) is 0 Å². The Kier molecular flexibility index (Phi) is 4.28. The number of carboxylic acids is 1.